The molecule has 0 unspecified atom stereocenters. The number of carbonyl (C=O) groups excluding carboxylic acids is 1. The Balaban J connectivity index is 3.28. The fourth-order valence-corrected chi connectivity index (χ4v) is 1.66. The number of alkyl halides is 3. The summed E-state index contributed by atoms with van der Waals surface area (Å²) in [5.74, 6) is -0.298. The number of unbranched alkanes of at least 4 members (excludes halogenated alkanes) is 6. The van der Waals surface area contributed by atoms with Crippen LogP contribution in [0.1, 0.15) is 51.4 Å². The Bertz CT molecular complexity index is 237. The SMILES string of the molecule is C=CCCCCCCCCC(=O)OCC(Cl)(Cl)Cl. The molecule has 0 radical (unpaired) electrons. The van der Waals surface area contributed by atoms with Gasteiger partial charge in [-0.3, -0.25) is 4.79 Å². The second-order valence-corrected chi connectivity index (χ2v) is 6.74. The van der Waals surface area contributed by atoms with E-state index in [0.717, 1.165) is 25.7 Å². The quantitative estimate of drug-likeness (QED) is 0.239. The monoisotopic (exact) mass is 314 g/mol. The molecular formula is C13H21Cl3O2. The number of rotatable bonds is 10. The minimum atomic E-state index is -1.51. The van der Waals surface area contributed by atoms with Gasteiger partial charge in [-0.25, -0.2) is 0 Å². The van der Waals surface area contributed by atoms with Crippen molar-refractivity contribution in [3.8, 4) is 0 Å². The van der Waals surface area contributed by atoms with E-state index in [2.05, 4.69) is 6.58 Å². The second kappa shape index (κ2) is 11.0. The van der Waals surface area contributed by atoms with Gasteiger partial charge in [0.15, 0.2) is 0 Å². The lowest BCUT2D eigenvalue weighted by atomic mass is 10.1. The van der Waals surface area contributed by atoms with E-state index in [1.165, 1.54) is 19.3 Å². The zero-order valence-corrected chi connectivity index (χ0v) is 12.9. The Labute approximate surface area is 125 Å². The van der Waals surface area contributed by atoms with E-state index >= 15 is 0 Å². The van der Waals surface area contributed by atoms with Crippen molar-refractivity contribution in [3.05, 3.63) is 12.7 Å². The van der Waals surface area contributed by atoms with Crippen molar-refractivity contribution in [2.75, 3.05) is 6.61 Å². The summed E-state index contributed by atoms with van der Waals surface area (Å²) < 4.78 is 3.31. The first kappa shape index (κ1) is 18.1. The first-order chi connectivity index (χ1) is 8.45. The molecule has 0 saturated heterocycles. The average Bonchev–Trinajstić information content (AvgIpc) is 2.29. The molecule has 0 aliphatic carbocycles. The molecule has 0 spiro atoms. The van der Waals surface area contributed by atoms with Gasteiger partial charge in [0.05, 0.1) is 0 Å². The zero-order chi connectivity index (χ0) is 13.9. The summed E-state index contributed by atoms with van der Waals surface area (Å²) in [5, 5.41) is 0. The van der Waals surface area contributed by atoms with E-state index in [-0.39, 0.29) is 12.6 Å². The minimum absolute atomic E-state index is 0.182. The van der Waals surface area contributed by atoms with Crippen molar-refractivity contribution in [3.63, 3.8) is 0 Å². The molecule has 0 saturated carbocycles. The molecule has 0 N–H and O–H groups in total. The maximum atomic E-state index is 11.3. The maximum absolute atomic E-state index is 11.3. The van der Waals surface area contributed by atoms with Crippen LogP contribution in [0, 0.1) is 0 Å². The molecule has 5 heteroatoms. The highest BCUT2D eigenvalue weighted by Gasteiger charge is 2.21. The van der Waals surface area contributed by atoms with Crippen LogP contribution in [0.15, 0.2) is 12.7 Å². The van der Waals surface area contributed by atoms with Gasteiger partial charge >= 0.3 is 5.97 Å². The maximum Gasteiger partial charge on any atom is 0.305 e. The van der Waals surface area contributed by atoms with Crippen LogP contribution in [-0.4, -0.2) is 16.4 Å². The molecule has 0 rings (SSSR count). The number of allylic oxidation sites excluding steroid dienone is 1. The van der Waals surface area contributed by atoms with Gasteiger partial charge in [0.1, 0.15) is 6.61 Å². The fraction of sp³-hybridized carbons (Fsp3) is 0.769. The van der Waals surface area contributed by atoms with Gasteiger partial charge in [-0.2, -0.15) is 0 Å². The average molecular weight is 316 g/mol. The third-order valence-corrected chi connectivity index (χ3v) is 2.76. The molecule has 0 fully saturated rings. The van der Waals surface area contributed by atoms with Crippen LogP contribution in [0.3, 0.4) is 0 Å². The standard InChI is InChI=1S/C13H21Cl3O2/c1-2-3-4-5-6-7-8-9-10-12(17)18-11-13(14,15)16/h2H,1,3-11H2. The van der Waals surface area contributed by atoms with Crippen molar-refractivity contribution in [1.29, 1.82) is 0 Å². The zero-order valence-electron chi connectivity index (χ0n) is 10.6. The van der Waals surface area contributed by atoms with Gasteiger partial charge in [0, 0.05) is 6.42 Å². The van der Waals surface area contributed by atoms with Crippen LogP contribution >= 0.6 is 34.8 Å². The van der Waals surface area contributed by atoms with Gasteiger partial charge in [-0.1, -0.05) is 66.6 Å². The normalized spacial score (nSPS) is 11.3. The topological polar surface area (TPSA) is 26.3 Å². The second-order valence-electron chi connectivity index (χ2n) is 4.22. The minimum Gasteiger partial charge on any atom is -0.461 e. The van der Waals surface area contributed by atoms with E-state index in [9.17, 15) is 4.79 Å². The van der Waals surface area contributed by atoms with Gasteiger partial charge in [0.25, 0.3) is 0 Å². The summed E-state index contributed by atoms with van der Waals surface area (Å²) in [6.07, 6.45) is 10.1. The molecule has 0 aromatic carbocycles. The van der Waals surface area contributed by atoms with E-state index in [4.69, 9.17) is 39.5 Å². The Kier molecular flexibility index (Phi) is 11.0. The molecule has 0 heterocycles. The Hall–Kier alpha value is 0.0800. The summed E-state index contributed by atoms with van der Waals surface area (Å²) in [7, 11) is 0. The molecule has 0 bridgehead atoms. The number of hydrogen-bond acceptors (Lipinski definition) is 2. The summed E-state index contributed by atoms with van der Waals surface area (Å²) in [6, 6.07) is 0. The highest BCUT2D eigenvalue weighted by atomic mass is 35.6. The molecule has 0 atom stereocenters. The lowest BCUT2D eigenvalue weighted by molar-refractivity contribution is -0.143. The molecule has 0 aliphatic rings. The lowest BCUT2D eigenvalue weighted by Gasteiger charge is -2.11. The summed E-state index contributed by atoms with van der Waals surface area (Å²) >= 11 is 16.4. The Morgan fingerprint density at radius 3 is 2.17 bits per heavy atom. The van der Waals surface area contributed by atoms with Crippen molar-refractivity contribution < 1.29 is 9.53 Å². The fourth-order valence-electron chi connectivity index (χ4n) is 1.50. The van der Waals surface area contributed by atoms with Crippen molar-refractivity contribution in [2.45, 2.75) is 55.2 Å². The largest absolute Gasteiger partial charge is 0.461 e. The number of hydrogen-bond donors (Lipinski definition) is 0. The number of carbonyl (C=O) groups is 1. The van der Waals surface area contributed by atoms with Gasteiger partial charge in [-0.15, -0.1) is 6.58 Å². The number of ether oxygens (including phenoxy) is 1. The predicted octanol–water partition coefficient (Wildman–Crippen LogP) is 5.21. The smallest absolute Gasteiger partial charge is 0.305 e. The molecular weight excluding hydrogens is 294 g/mol. The Morgan fingerprint density at radius 1 is 1.06 bits per heavy atom. The van der Waals surface area contributed by atoms with Crippen LogP contribution in [0.5, 0.6) is 0 Å². The summed E-state index contributed by atoms with van der Waals surface area (Å²) in [5.41, 5.74) is 0. The number of halogens is 3. The number of esters is 1. The summed E-state index contributed by atoms with van der Waals surface area (Å²) in [6.45, 7) is 3.50. The molecule has 106 valence electrons. The molecule has 2 nitrogen and oxygen atoms in total. The molecule has 18 heavy (non-hydrogen) atoms. The molecule has 0 aliphatic heterocycles. The van der Waals surface area contributed by atoms with Crippen LogP contribution < -0.4 is 0 Å². The molecule has 0 aromatic rings. The summed E-state index contributed by atoms with van der Waals surface area (Å²) in [4.78, 5) is 11.3. The van der Waals surface area contributed by atoms with E-state index in [1.54, 1.807) is 0 Å². The van der Waals surface area contributed by atoms with Crippen molar-refractivity contribution in [2.24, 2.45) is 0 Å². The van der Waals surface area contributed by atoms with Crippen LogP contribution in [0.25, 0.3) is 0 Å². The highest BCUT2D eigenvalue weighted by Crippen LogP contribution is 2.26. The predicted molar refractivity (Wildman–Crippen MR) is 78.4 cm³/mol. The van der Waals surface area contributed by atoms with Crippen molar-refractivity contribution >= 4 is 40.8 Å². The van der Waals surface area contributed by atoms with E-state index in [0.29, 0.717) is 6.42 Å². The third kappa shape index (κ3) is 14.1. The van der Waals surface area contributed by atoms with E-state index in [1.807, 2.05) is 6.08 Å². The molecule has 0 aromatic heterocycles. The van der Waals surface area contributed by atoms with E-state index < -0.39 is 3.79 Å². The first-order valence-electron chi connectivity index (χ1n) is 6.29. The first-order valence-corrected chi connectivity index (χ1v) is 7.42. The lowest BCUT2D eigenvalue weighted by Crippen LogP contribution is -2.17. The van der Waals surface area contributed by atoms with Crippen LogP contribution in [-0.2, 0) is 9.53 Å². The Morgan fingerprint density at radius 2 is 1.61 bits per heavy atom. The van der Waals surface area contributed by atoms with Crippen molar-refractivity contribution in [1.82, 2.24) is 0 Å². The van der Waals surface area contributed by atoms with Crippen LogP contribution in [0.4, 0.5) is 0 Å². The van der Waals surface area contributed by atoms with Gasteiger partial charge < -0.3 is 4.74 Å². The highest BCUT2D eigenvalue weighted by molar-refractivity contribution is 6.67. The molecule has 0 amide bonds. The van der Waals surface area contributed by atoms with Gasteiger partial charge in [0.2, 0.25) is 3.79 Å². The van der Waals surface area contributed by atoms with Gasteiger partial charge in [-0.05, 0) is 19.3 Å². The third-order valence-electron chi connectivity index (χ3n) is 2.44. The van der Waals surface area contributed by atoms with Crippen LogP contribution in [0.2, 0.25) is 0 Å².